The molecule has 6 nitrogen and oxygen atoms in total. The van der Waals surface area contributed by atoms with Gasteiger partial charge in [0.25, 0.3) is 0 Å². The Balaban J connectivity index is 0.00000141. The number of piperidine rings is 1. The molecule has 4 N–H and O–H groups in total. The summed E-state index contributed by atoms with van der Waals surface area (Å²) in [7, 11) is 1.68. The van der Waals surface area contributed by atoms with Crippen LogP contribution < -0.4 is 15.8 Å². The van der Waals surface area contributed by atoms with E-state index in [1.807, 2.05) is 26.0 Å². The lowest BCUT2D eigenvalue weighted by atomic mass is 9.85. The number of methoxy groups -OCH3 is 1. The molecule has 1 atom stereocenters. The Morgan fingerprint density at radius 3 is 2.44 bits per heavy atom. The molecule has 174 valence electrons. The Labute approximate surface area is 192 Å². The second-order valence-electron chi connectivity index (χ2n) is 8.69. The summed E-state index contributed by atoms with van der Waals surface area (Å²) in [5, 5.41) is 14.0. The number of nitrogens with one attached hydrogen (secondary N) is 2. The number of nitrogens with two attached hydrogens (primary N) is 1. The second-order valence-corrected chi connectivity index (χ2v) is 8.69. The number of ether oxygens (including phenoxy) is 1. The summed E-state index contributed by atoms with van der Waals surface area (Å²) in [6.07, 6.45) is 6.36. The molecule has 2 aromatic rings. The molecule has 1 saturated carbocycles. The first kappa shape index (κ1) is 24.1. The third-order valence-electron chi connectivity index (χ3n) is 6.78. The molecular weight excluding hydrogens is 400 g/mol. The molecule has 2 aromatic carbocycles. The standard InChI is InChI=1S/C24H32N4O2.C2H6/c1-30-22-11-6-16-13-18(5-4-17(16)14-22)23(25)19-3-2-12-28(15-19)21-9-7-20(8-10-21)27-24(26)29;1-2/h4-6,11,13-14,19-21,25H,2-3,7-10,12,15H2,1H3,(H3,26,27,29);1-2H3. The molecule has 1 unspecified atom stereocenters. The first-order chi connectivity index (χ1) is 15.5. The van der Waals surface area contributed by atoms with Crippen molar-refractivity contribution < 1.29 is 9.53 Å². The van der Waals surface area contributed by atoms with E-state index in [1.54, 1.807) is 7.11 Å². The molecule has 2 fully saturated rings. The second kappa shape index (κ2) is 11.3. The Bertz CT molecular complexity index is 921. The van der Waals surface area contributed by atoms with Gasteiger partial charge in [0, 0.05) is 30.3 Å². The van der Waals surface area contributed by atoms with E-state index in [-0.39, 0.29) is 12.0 Å². The zero-order valence-electron chi connectivity index (χ0n) is 19.7. The molecule has 6 heteroatoms. The van der Waals surface area contributed by atoms with Crippen molar-refractivity contribution in [1.82, 2.24) is 10.2 Å². The highest BCUT2D eigenvalue weighted by molar-refractivity contribution is 6.03. The van der Waals surface area contributed by atoms with E-state index in [4.69, 9.17) is 15.9 Å². The molecule has 1 saturated heterocycles. The number of benzene rings is 2. The van der Waals surface area contributed by atoms with Crippen molar-refractivity contribution in [1.29, 1.82) is 5.41 Å². The minimum atomic E-state index is -0.418. The minimum Gasteiger partial charge on any atom is -0.497 e. The van der Waals surface area contributed by atoms with E-state index in [0.717, 1.165) is 79.4 Å². The lowest BCUT2D eigenvalue weighted by Crippen LogP contribution is -2.49. The molecule has 1 aliphatic carbocycles. The average Bonchev–Trinajstić information content (AvgIpc) is 2.84. The van der Waals surface area contributed by atoms with Gasteiger partial charge in [-0.15, -0.1) is 0 Å². The number of primary amides is 1. The number of fused-ring (bicyclic) bond motifs is 1. The molecule has 0 aromatic heterocycles. The molecule has 4 rings (SSSR count). The predicted molar refractivity (Wildman–Crippen MR) is 132 cm³/mol. The van der Waals surface area contributed by atoms with Gasteiger partial charge in [0.1, 0.15) is 5.75 Å². The summed E-state index contributed by atoms with van der Waals surface area (Å²) < 4.78 is 5.32. The van der Waals surface area contributed by atoms with Crippen LogP contribution >= 0.6 is 0 Å². The molecule has 0 spiro atoms. The van der Waals surface area contributed by atoms with E-state index in [9.17, 15) is 4.79 Å². The minimum absolute atomic E-state index is 0.217. The SMILES string of the molecule is CC.COc1ccc2cc(C(=N)C3CCCN(C4CCC(NC(N)=O)CC4)C3)ccc2c1. The van der Waals surface area contributed by atoms with Crippen LogP contribution in [0.25, 0.3) is 10.8 Å². The van der Waals surface area contributed by atoms with E-state index < -0.39 is 6.03 Å². The summed E-state index contributed by atoms with van der Waals surface area (Å²) in [4.78, 5) is 13.7. The number of amides is 2. The van der Waals surface area contributed by atoms with Crippen molar-refractivity contribution in [3.05, 3.63) is 42.0 Å². The molecule has 2 aliphatic rings. The summed E-state index contributed by atoms with van der Waals surface area (Å²) in [6, 6.07) is 12.7. The van der Waals surface area contributed by atoms with Gasteiger partial charge in [-0.2, -0.15) is 0 Å². The normalized spacial score (nSPS) is 23.7. The number of nitrogens with zero attached hydrogens (tertiary/aromatic N) is 1. The monoisotopic (exact) mass is 438 g/mol. The van der Waals surface area contributed by atoms with Gasteiger partial charge in [0.2, 0.25) is 0 Å². The Kier molecular flexibility index (Phi) is 8.51. The van der Waals surface area contributed by atoms with E-state index in [1.165, 1.54) is 0 Å². The number of hydrogen-bond acceptors (Lipinski definition) is 4. The predicted octanol–water partition coefficient (Wildman–Crippen LogP) is 4.93. The third-order valence-corrected chi connectivity index (χ3v) is 6.78. The number of carbonyl (C=O) groups is 1. The largest absolute Gasteiger partial charge is 0.497 e. The van der Waals surface area contributed by atoms with Crippen LogP contribution in [0.2, 0.25) is 0 Å². The zero-order chi connectivity index (χ0) is 23.1. The van der Waals surface area contributed by atoms with Gasteiger partial charge in [-0.25, -0.2) is 4.79 Å². The van der Waals surface area contributed by atoms with E-state index in [0.29, 0.717) is 6.04 Å². The summed E-state index contributed by atoms with van der Waals surface area (Å²) in [5.41, 5.74) is 7.04. The third kappa shape index (κ3) is 5.80. The van der Waals surface area contributed by atoms with Crippen LogP contribution in [0.4, 0.5) is 4.79 Å². The molecule has 0 bridgehead atoms. The number of urea groups is 1. The molecule has 32 heavy (non-hydrogen) atoms. The zero-order valence-corrected chi connectivity index (χ0v) is 19.7. The van der Waals surface area contributed by atoms with Crippen molar-refractivity contribution in [2.75, 3.05) is 20.2 Å². The lowest BCUT2D eigenvalue weighted by molar-refractivity contribution is 0.109. The topological polar surface area (TPSA) is 91.4 Å². The first-order valence-corrected chi connectivity index (χ1v) is 12.0. The highest BCUT2D eigenvalue weighted by atomic mass is 16.5. The van der Waals surface area contributed by atoms with E-state index >= 15 is 0 Å². The molecule has 2 amide bonds. The maximum absolute atomic E-state index is 11.1. The van der Waals surface area contributed by atoms with Crippen LogP contribution in [-0.2, 0) is 0 Å². The quantitative estimate of drug-likeness (QED) is 0.578. The summed E-state index contributed by atoms with van der Waals surface area (Å²) >= 11 is 0. The number of carbonyl (C=O) groups excluding carboxylic acids is 1. The maximum atomic E-state index is 11.1. The Hall–Kier alpha value is -2.60. The van der Waals surface area contributed by atoms with Gasteiger partial charge in [0.15, 0.2) is 0 Å². The van der Waals surface area contributed by atoms with Crippen LogP contribution in [0.5, 0.6) is 5.75 Å². The van der Waals surface area contributed by atoms with Crippen molar-refractivity contribution in [2.24, 2.45) is 11.7 Å². The molecular formula is C26H38N4O2. The van der Waals surface area contributed by atoms with Gasteiger partial charge in [0.05, 0.1) is 7.11 Å². The Morgan fingerprint density at radius 2 is 1.75 bits per heavy atom. The van der Waals surface area contributed by atoms with Crippen LogP contribution in [0.1, 0.15) is 57.9 Å². The molecule has 1 heterocycles. The van der Waals surface area contributed by atoms with Gasteiger partial charge >= 0.3 is 6.03 Å². The average molecular weight is 439 g/mol. The fraction of sp³-hybridized carbons (Fsp3) is 0.538. The van der Waals surface area contributed by atoms with Crippen molar-refractivity contribution >= 4 is 22.5 Å². The highest BCUT2D eigenvalue weighted by Crippen LogP contribution is 2.30. The van der Waals surface area contributed by atoms with Gasteiger partial charge in [-0.3, -0.25) is 4.90 Å². The van der Waals surface area contributed by atoms with Crippen molar-refractivity contribution in [3.63, 3.8) is 0 Å². The Morgan fingerprint density at radius 1 is 1.06 bits per heavy atom. The number of hydrogen-bond donors (Lipinski definition) is 3. The van der Waals surface area contributed by atoms with E-state index in [2.05, 4.69) is 34.5 Å². The summed E-state index contributed by atoms with van der Waals surface area (Å²) in [6.45, 7) is 6.07. The van der Waals surface area contributed by atoms with Gasteiger partial charge in [-0.05, 0) is 79.6 Å². The molecule has 1 aliphatic heterocycles. The van der Waals surface area contributed by atoms with Crippen LogP contribution in [0, 0.1) is 11.3 Å². The van der Waals surface area contributed by atoms with Gasteiger partial charge < -0.3 is 21.2 Å². The first-order valence-electron chi connectivity index (χ1n) is 12.0. The smallest absolute Gasteiger partial charge is 0.312 e. The van der Waals surface area contributed by atoms with Crippen LogP contribution in [-0.4, -0.2) is 48.9 Å². The number of rotatable bonds is 5. The summed E-state index contributed by atoms with van der Waals surface area (Å²) in [5.74, 6) is 1.13. The highest BCUT2D eigenvalue weighted by Gasteiger charge is 2.31. The van der Waals surface area contributed by atoms with Crippen molar-refractivity contribution in [2.45, 2.75) is 64.5 Å². The number of likely N-dealkylation sites (tertiary alicyclic amines) is 1. The molecule has 0 radical (unpaired) electrons. The lowest BCUT2D eigenvalue weighted by Gasteiger charge is -2.41. The van der Waals surface area contributed by atoms with Crippen molar-refractivity contribution in [3.8, 4) is 5.75 Å². The van der Waals surface area contributed by atoms with Crippen LogP contribution in [0.15, 0.2) is 36.4 Å². The maximum Gasteiger partial charge on any atom is 0.312 e. The fourth-order valence-electron chi connectivity index (χ4n) is 5.11. The van der Waals surface area contributed by atoms with Crippen LogP contribution in [0.3, 0.4) is 0 Å². The fourth-order valence-corrected chi connectivity index (χ4v) is 5.11. The van der Waals surface area contributed by atoms with Gasteiger partial charge in [-0.1, -0.05) is 32.0 Å².